The molecule has 0 aliphatic carbocycles. The van der Waals surface area contributed by atoms with Crippen LogP contribution in [0.4, 0.5) is 5.69 Å². The lowest BCUT2D eigenvalue weighted by molar-refractivity contribution is 0.576. The van der Waals surface area contributed by atoms with Crippen molar-refractivity contribution < 1.29 is 8.42 Å². The van der Waals surface area contributed by atoms with Gasteiger partial charge in [-0.05, 0) is 94.5 Å². The van der Waals surface area contributed by atoms with E-state index in [1.807, 2.05) is 20.8 Å². The third-order valence-electron chi connectivity index (χ3n) is 4.44. The molecule has 0 amide bonds. The van der Waals surface area contributed by atoms with Crippen LogP contribution in [-0.4, -0.2) is 20.5 Å². The zero-order valence-electron chi connectivity index (χ0n) is 17.9. The number of benzene rings is 2. The summed E-state index contributed by atoms with van der Waals surface area (Å²) in [7, 11) is -3.46. The molecule has 2 N–H and O–H groups in total. The summed E-state index contributed by atoms with van der Waals surface area (Å²) in [5.74, 6) is 0. The lowest BCUT2D eigenvalue weighted by Crippen LogP contribution is -2.30. The van der Waals surface area contributed by atoms with Gasteiger partial charge in [0.1, 0.15) is 0 Å². The van der Waals surface area contributed by atoms with Gasteiger partial charge in [0, 0.05) is 17.8 Å². The predicted octanol–water partition coefficient (Wildman–Crippen LogP) is 5.48. The first-order valence-corrected chi connectivity index (χ1v) is 11.2. The van der Waals surface area contributed by atoms with Crippen LogP contribution in [0, 0.1) is 13.8 Å². The first-order valence-electron chi connectivity index (χ1n) is 9.68. The third-order valence-corrected chi connectivity index (χ3v) is 6.19. The topological polar surface area (TPSA) is 58.2 Å². The minimum absolute atomic E-state index is 0.133. The van der Waals surface area contributed by atoms with E-state index in [9.17, 15) is 8.42 Å². The highest BCUT2D eigenvalue weighted by Crippen LogP contribution is 2.29. The maximum Gasteiger partial charge on any atom is 0.236 e. The van der Waals surface area contributed by atoms with Gasteiger partial charge in [0.15, 0.2) is 0 Å². The van der Waals surface area contributed by atoms with Crippen molar-refractivity contribution >= 4 is 21.8 Å². The molecule has 5 heteroatoms. The van der Waals surface area contributed by atoms with Crippen molar-refractivity contribution in [3.05, 3.63) is 58.0 Å². The molecule has 152 valence electrons. The fraction of sp³-hybridized carbons (Fsp3) is 0.391. The molecule has 4 nitrogen and oxygen atoms in total. The largest absolute Gasteiger partial charge is 0.383 e. The van der Waals surface area contributed by atoms with Crippen LogP contribution in [0.25, 0.3) is 17.2 Å². The van der Waals surface area contributed by atoms with Crippen molar-refractivity contribution in [1.82, 2.24) is 4.72 Å². The smallest absolute Gasteiger partial charge is 0.236 e. The van der Waals surface area contributed by atoms with Crippen molar-refractivity contribution in [2.24, 2.45) is 0 Å². The monoisotopic (exact) mass is 400 g/mol. The van der Waals surface area contributed by atoms with Crippen LogP contribution >= 0.6 is 0 Å². The highest BCUT2D eigenvalue weighted by atomic mass is 32.2. The number of hydrogen-bond donors (Lipinski definition) is 2. The van der Waals surface area contributed by atoms with Gasteiger partial charge in [0.25, 0.3) is 0 Å². The summed E-state index contributed by atoms with van der Waals surface area (Å²) in [6.07, 6.45) is 1.74. The number of nitrogens with one attached hydrogen (secondary N) is 2. The summed E-state index contributed by atoms with van der Waals surface area (Å²) in [5, 5.41) is 3.40. The minimum Gasteiger partial charge on any atom is -0.383 e. The molecular weight excluding hydrogens is 368 g/mol. The molecule has 2 aromatic carbocycles. The van der Waals surface area contributed by atoms with Crippen LogP contribution in [0.15, 0.2) is 41.3 Å². The SMILES string of the molecule is CC(=Cc1cc(C)c(-c2ccc(NC(C)C)cc2)cc1C)S(=O)(=O)NC(C)C. The second-order valence-electron chi connectivity index (χ2n) is 7.93. The molecule has 0 saturated heterocycles. The molecule has 0 radical (unpaired) electrons. The average Bonchev–Trinajstić information content (AvgIpc) is 2.57. The van der Waals surface area contributed by atoms with Gasteiger partial charge < -0.3 is 5.32 Å². The van der Waals surface area contributed by atoms with Crippen LogP contribution in [0.2, 0.25) is 0 Å². The first-order chi connectivity index (χ1) is 13.0. The lowest BCUT2D eigenvalue weighted by atomic mass is 9.94. The fourth-order valence-corrected chi connectivity index (χ4v) is 4.17. The summed E-state index contributed by atoms with van der Waals surface area (Å²) in [5.41, 5.74) is 6.49. The number of aryl methyl sites for hydroxylation is 2. The van der Waals surface area contributed by atoms with E-state index < -0.39 is 10.0 Å². The lowest BCUT2D eigenvalue weighted by Gasteiger charge is -2.14. The van der Waals surface area contributed by atoms with E-state index in [0.717, 1.165) is 33.5 Å². The van der Waals surface area contributed by atoms with Gasteiger partial charge in [0.05, 0.1) is 4.91 Å². The van der Waals surface area contributed by atoms with E-state index in [-0.39, 0.29) is 6.04 Å². The summed E-state index contributed by atoms with van der Waals surface area (Å²) < 4.78 is 27.3. The van der Waals surface area contributed by atoms with Crippen molar-refractivity contribution in [3.63, 3.8) is 0 Å². The number of rotatable bonds is 7. The Morgan fingerprint density at radius 3 is 2.07 bits per heavy atom. The Morgan fingerprint density at radius 2 is 1.54 bits per heavy atom. The van der Waals surface area contributed by atoms with Crippen molar-refractivity contribution in [2.75, 3.05) is 5.32 Å². The van der Waals surface area contributed by atoms with Crippen LogP contribution in [-0.2, 0) is 10.0 Å². The highest BCUT2D eigenvalue weighted by molar-refractivity contribution is 7.93. The van der Waals surface area contributed by atoms with E-state index in [2.05, 4.69) is 67.2 Å². The molecule has 0 fully saturated rings. The molecule has 0 aromatic heterocycles. The molecule has 28 heavy (non-hydrogen) atoms. The van der Waals surface area contributed by atoms with Gasteiger partial charge in [-0.2, -0.15) is 0 Å². The van der Waals surface area contributed by atoms with E-state index in [1.165, 1.54) is 0 Å². The van der Waals surface area contributed by atoms with E-state index in [1.54, 1.807) is 13.0 Å². The summed E-state index contributed by atoms with van der Waals surface area (Å²) in [4.78, 5) is 0.320. The molecular formula is C23H32N2O2S. The Hall–Kier alpha value is -2.11. The van der Waals surface area contributed by atoms with E-state index in [4.69, 9.17) is 0 Å². The highest BCUT2D eigenvalue weighted by Gasteiger charge is 2.15. The minimum atomic E-state index is -3.46. The number of hydrogen-bond acceptors (Lipinski definition) is 3. The number of anilines is 1. The van der Waals surface area contributed by atoms with Crippen molar-refractivity contribution in [2.45, 2.75) is 60.5 Å². The number of sulfonamides is 1. The summed E-state index contributed by atoms with van der Waals surface area (Å²) >= 11 is 0. The molecule has 0 aliphatic heterocycles. The molecule has 2 rings (SSSR count). The van der Waals surface area contributed by atoms with Crippen LogP contribution < -0.4 is 10.0 Å². The molecule has 0 aliphatic rings. The Morgan fingerprint density at radius 1 is 0.929 bits per heavy atom. The normalized spacial score (nSPS) is 12.7. The van der Waals surface area contributed by atoms with Crippen molar-refractivity contribution in [3.8, 4) is 11.1 Å². The maximum atomic E-state index is 12.4. The van der Waals surface area contributed by atoms with Gasteiger partial charge in [-0.15, -0.1) is 0 Å². The van der Waals surface area contributed by atoms with Gasteiger partial charge >= 0.3 is 0 Å². The Labute approximate surface area is 170 Å². The zero-order chi connectivity index (χ0) is 21.1. The van der Waals surface area contributed by atoms with Gasteiger partial charge in [-0.1, -0.05) is 24.3 Å². The molecule has 0 saturated carbocycles. The molecule has 0 heterocycles. The quantitative estimate of drug-likeness (QED) is 0.647. The Balaban J connectivity index is 2.36. The van der Waals surface area contributed by atoms with Gasteiger partial charge in [-0.3, -0.25) is 0 Å². The van der Waals surface area contributed by atoms with Crippen LogP contribution in [0.5, 0.6) is 0 Å². The molecule has 0 bridgehead atoms. The average molecular weight is 401 g/mol. The number of allylic oxidation sites excluding steroid dienone is 1. The summed E-state index contributed by atoms with van der Waals surface area (Å²) in [6, 6.07) is 12.9. The molecule has 0 spiro atoms. The first kappa shape index (κ1) is 22.2. The van der Waals surface area contributed by atoms with Crippen LogP contribution in [0.1, 0.15) is 51.3 Å². The van der Waals surface area contributed by atoms with E-state index >= 15 is 0 Å². The fourth-order valence-electron chi connectivity index (χ4n) is 3.08. The maximum absolute atomic E-state index is 12.4. The standard InChI is InChI=1S/C23H32N2O2S/c1-15(2)24-22-10-8-20(9-11-22)23-13-17(5)21(12-18(23)6)14-19(7)28(26,27)25-16(3)4/h8-16,24-25H,1-7H3. The molecule has 2 aromatic rings. The Kier molecular flexibility index (Phi) is 7.07. The molecule has 0 atom stereocenters. The van der Waals surface area contributed by atoms with Crippen molar-refractivity contribution in [1.29, 1.82) is 0 Å². The van der Waals surface area contributed by atoms with E-state index in [0.29, 0.717) is 10.9 Å². The zero-order valence-corrected chi connectivity index (χ0v) is 18.7. The predicted molar refractivity (Wildman–Crippen MR) is 121 cm³/mol. The van der Waals surface area contributed by atoms with Gasteiger partial charge in [0.2, 0.25) is 10.0 Å². The van der Waals surface area contributed by atoms with Crippen LogP contribution in [0.3, 0.4) is 0 Å². The second-order valence-corrected chi connectivity index (χ2v) is 9.82. The second kappa shape index (κ2) is 8.93. The molecule has 0 unspecified atom stereocenters. The Bertz CT molecular complexity index is 957. The summed E-state index contributed by atoms with van der Waals surface area (Å²) in [6.45, 7) is 13.6. The van der Waals surface area contributed by atoms with Gasteiger partial charge in [-0.25, -0.2) is 13.1 Å². The third kappa shape index (κ3) is 5.69.